The maximum atomic E-state index is 11.0. The van der Waals surface area contributed by atoms with Crippen LogP contribution in [0.5, 0.6) is 5.75 Å². The van der Waals surface area contributed by atoms with Crippen molar-refractivity contribution in [2.75, 3.05) is 5.88 Å². The van der Waals surface area contributed by atoms with E-state index in [0.717, 1.165) is 0 Å². The van der Waals surface area contributed by atoms with E-state index in [1.807, 2.05) is 0 Å². The van der Waals surface area contributed by atoms with Crippen LogP contribution in [0.1, 0.15) is 0 Å². The van der Waals surface area contributed by atoms with Gasteiger partial charge in [0.15, 0.2) is 0 Å². The molecule has 0 aliphatic heterocycles. The summed E-state index contributed by atoms with van der Waals surface area (Å²) in [5.41, 5.74) is 0.414. The average Bonchev–Trinajstić information content (AvgIpc) is 2.37. The van der Waals surface area contributed by atoms with Crippen molar-refractivity contribution in [2.24, 2.45) is 0 Å². The lowest BCUT2D eigenvalue weighted by molar-refractivity contribution is -0.117. The number of ether oxygens (including phenoxy) is 1. The minimum Gasteiger partial charge on any atom is -0.456 e. The van der Waals surface area contributed by atoms with E-state index in [0.29, 0.717) is 17.2 Å². The van der Waals surface area contributed by atoms with Crippen molar-refractivity contribution in [1.29, 1.82) is 0 Å². The summed E-state index contributed by atoms with van der Waals surface area (Å²) < 4.78 is 5.37. The highest BCUT2D eigenvalue weighted by Crippen LogP contribution is 2.10. The smallest absolute Gasteiger partial charge is 0.239 e. The van der Waals surface area contributed by atoms with E-state index in [-0.39, 0.29) is 11.8 Å². The second kappa shape index (κ2) is 7.29. The Morgan fingerprint density at radius 1 is 1.50 bits per heavy atom. The molecular weight excluding hydrogens is 252 g/mol. The van der Waals surface area contributed by atoms with E-state index in [1.54, 1.807) is 36.7 Å². The molecule has 0 atom stereocenters. The summed E-state index contributed by atoms with van der Waals surface area (Å²) in [6.07, 6.45) is 6.38. The van der Waals surface area contributed by atoms with Gasteiger partial charge in [0.1, 0.15) is 17.4 Å². The Kier molecular flexibility index (Phi) is 5.67. The molecule has 1 amide bonds. The minimum atomic E-state index is -0.315. The number of rotatable bonds is 6. The predicted octanol–water partition coefficient (Wildman–Crippen LogP) is 2.40. The second-order valence-electron chi connectivity index (χ2n) is 3.30. The normalized spacial score (nSPS) is 10.1. The van der Waals surface area contributed by atoms with Gasteiger partial charge in [0, 0.05) is 11.9 Å². The highest BCUT2D eigenvalue weighted by atomic mass is 35.5. The van der Waals surface area contributed by atoms with Crippen molar-refractivity contribution in [3.05, 3.63) is 61.3 Å². The standard InChI is InChI=1S/C13H13ClN2O2/c1-10(16-13(17)8-14)5-6-11(2)18-12-4-3-7-15-9-12/h3-7,9H,1-2,8H2,(H,16,17)/b6-5-. The highest BCUT2D eigenvalue weighted by Gasteiger charge is 1.98. The van der Waals surface area contributed by atoms with Gasteiger partial charge in [-0.15, -0.1) is 11.6 Å². The lowest BCUT2D eigenvalue weighted by Crippen LogP contribution is -2.22. The fourth-order valence-electron chi connectivity index (χ4n) is 1.04. The van der Waals surface area contributed by atoms with E-state index >= 15 is 0 Å². The Bertz CT molecular complexity index is 469. The third-order valence-electron chi connectivity index (χ3n) is 1.78. The second-order valence-corrected chi connectivity index (χ2v) is 3.56. The Morgan fingerprint density at radius 3 is 2.89 bits per heavy atom. The SMILES string of the molecule is C=C(/C=C\C(=C)Oc1cccnc1)NC(=O)CCl. The number of nitrogens with one attached hydrogen (secondary N) is 1. The largest absolute Gasteiger partial charge is 0.456 e. The van der Waals surface area contributed by atoms with Gasteiger partial charge in [0.2, 0.25) is 5.91 Å². The Labute approximate surface area is 111 Å². The van der Waals surface area contributed by atoms with Crippen LogP contribution in [-0.4, -0.2) is 16.8 Å². The number of halogens is 1. The van der Waals surface area contributed by atoms with E-state index in [1.165, 1.54) is 0 Å². The van der Waals surface area contributed by atoms with Crippen molar-refractivity contribution >= 4 is 17.5 Å². The van der Waals surface area contributed by atoms with E-state index in [2.05, 4.69) is 23.5 Å². The van der Waals surface area contributed by atoms with Crippen LogP contribution >= 0.6 is 11.6 Å². The van der Waals surface area contributed by atoms with Gasteiger partial charge in [0.05, 0.1) is 6.20 Å². The molecule has 0 saturated heterocycles. The summed E-state index contributed by atoms with van der Waals surface area (Å²) >= 11 is 5.34. The van der Waals surface area contributed by atoms with Crippen LogP contribution in [0.15, 0.2) is 61.3 Å². The zero-order chi connectivity index (χ0) is 13.4. The lowest BCUT2D eigenvalue weighted by Gasteiger charge is -2.04. The molecule has 4 nitrogen and oxygen atoms in total. The molecule has 1 N–H and O–H groups in total. The monoisotopic (exact) mass is 264 g/mol. The van der Waals surface area contributed by atoms with Crippen LogP contribution in [-0.2, 0) is 4.79 Å². The molecule has 18 heavy (non-hydrogen) atoms. The van der Waals surface area contributed by atoms with E-state index < -0.39 is 0 Å². The summed E-state index contributed by atoms with van der Waals surface area (Å²) in [5, 5.41) is 2.49. The van der Waals surface area contributed by atoms with Gasteiger partial charge in [-0.3, -0.25) is 9.78 Å². The number of carbonyl (C=O) groups is 1. The minimum absolute atomic E-state index is 0.111. The zero-order valence-corrected chi connectivity index (χ0v) is 10.5. The molecule has 0 aliphatic carbocycles. The summed E-state index contributed by atoms with van der Waals surface area (Å²) in [4.78, 5) is 14.9. The van der Waals surface area contributed by atoms with Gasteiger partial charge in [-0.25, -0.2) is 0 Å². The Morgan fingerprint density at radius 2 is 2.28 bits per heavy atom. The number of aromatic nitrogens is 1. The third kappa shape index (κ3) is 5.32. The Balaban J connectivity index is 2.45. The maximum absolute atomic E-state index is 11.0. The number of hydrogen-bond acceptors (Lipinski definition) is 3. The highest BCUT2D eigenvalue weighted by molar-refractivity contribution is 6.27. The number of pyridine rings is 1. The molecule has 0 fully saturated rings. The Hall–Kier alpha value is -2.07. The quantitative estimate of drug-likeness (QED) is 0.488. The first-order valence-electron chi connectivity index (χ1n) is 5.11. The fraction of sp³-hybridized carbons (Fsp3) is 0.0769. The summed E-state index contributed by atoms with van der Waals surface area (Å²) in [5.74, 6) is 0.567. The number of carbonyl (C=O) groups excluding carboxylic acids is 1. The molecule has 0 unspecified atom stereocenters. The van der Waals surface area contributed by atoms with Crippen LogP contribution in [0.2, 0.25) is 0 Å². The molecule has 0 aliphatic rings. The molecule has 0 aromatic carbocycles. The summed E-state index contributed by atoms with van der Waals surface area (Å²) in [6, 6.07) is 3.52. The van der Waals surface area contributed by atoms with Crippen LogP contribution in [0.25, 0.3) is 0 Å². The number of allylic oxidation sites excluding steroid dienone is 2. The van der Waals surface area contributed by atoms with Crippen molar-refractivity contribution in [3.8, 4) is 5.75 Å². The zero-order valence-electron chi connectivity index (χ0n) is 9.73. The van der Waals surface area contributed by atoms with Crippen molar-refractivity contribution in [1.82, 2.24) is 10.3 Å². The number of hydrogen-bond donors (Lipinski definition) is 1. The predicted molar refractivity (Wildman–Crippen MR) is 71.1 cm³/mol. The van der Waals surface area contributed by atoms with Crippen LogP contribution < -0.4 is 10.1 Å². The lowest BCUT2D eigenvalue weighted by atomic mass is 10.3. The molecule has 1 aromatic heterocycles. The molecule has 94 valence electrons. The summed E-state index contributed by atoms with van der Waals surface area (Å²) in [6.45, 7) is 7.34. The van der Waals surface area contributed by atoms with Crippen molar-refractivity contribution < 1.29 is 9.53 Å². The molecule has 1 heterocycles. The first-order chi connectivity index (χ1) is 8.61. The number of amides is 1. The van der Waals surface area contributed by atoms with Crippen LogP contribution in [0, 0.1) is 0 Å². The molecule has 1 rings (SSSR count). The van der Waals surface area contributed by atoms with Gasteiger partial charge in [-0.05, 0) is 24.3 Å². The average molecular weight is 265 g/mol. The molecule has 0 bridgehead atoms. The van der Waals surface area contributed by atoms with Crippen molar-refractivity contribution in [2.45, 2.75) is 0 Å². The number of nitrogens with zero attached hydrogens (tertiary/aromatic N) is 1. The van der Waals surface area contributed by atoms with Gasteiger partial charge >= 0.3 is 0 Å². The van der Waals surface area contributed by atoms with Gasteiger partial charge in [-0.2, -0.15) is 0 Å². The first-order valence-corrected chi connectivity index (χ1v) is 5.65. The van der Waals surface area contributed by atoms with Gasteiger partial charge in [0.25, 0.3) is 0 Å². The molecule has 0 radical (unpaired) electrons. The molecule has 0 spiro atoms. The maximum Gasteiger partial charge on any atom is 0.239 e. The van der Waals surface area contributed by atoms with E-state index in [9.17, 15) is 4.79 Å². The van der Waals surface area contributed by atoms with Crippen LogP contribution in [0.4, 0.5) is 0 Å². The molecule has 0 saturated carbocycles. The van der Waals surface area contributed by atoms with Gasteiger partial charge < -0.3 is 10.1 Å². The molecule has 1 aromatic rings. The summed E-state index contributed by atoms with van der Waals surface area (Å²) in [7, 11) is 0. The third-order valence-corrected chi connectivity index (χ3v) is 2.02. The first kappa shape index (κ1) is 14.0. The topological polar surface area (TPSA) is 51.2 Å². The fourth-order valence-corrected chi connectivity index (χ4v) is 1.11. The van der Waals surface area contributed by atoms with Crippen molar-refractivity contribution in [3.63, 3.8) is 0 Å². The number of alkyl halides is 1. The van der Waals surface area contributed by atoms with E-state index in [4.69, 9.17) is 16.3 Å². The molecule has 5 heteroatoms. The molecular formula is C13H13ClN2O2. The van der Waals surface area contributed by atoms with Crippen LogP contribution in [0.3, 0.4) is 0 Å². The van der Waals surface area contributed by atoms with Gasteiger partial charge in [-0.1, -0.05) is 13.2 Å².